The molecule has 1 heterocycles. The molecule has 11 heavy (non-hydrogen) atoms. The third kappa shape index (κ3) is 1.06. The topological polar surface area (TPSA) is 29.5 Å². The van der Waals surface area contributed by atoms with E-state index < -0.39 is 7.12 Å². The molecule has 1 aliphatic heterocycles. The third-order valence-electron chi connectivity index (χ3n) is 1.96. The fraction of sp³-hybridized carbons (Fsp3) is 0.250. The lowest BCUT2D eigenvalue weighted by Crippen LogP contribution is -2.27. The molecule has 1 aliphatic rings. The van der Waals surface area contributed by atoms with Crippen molar-refractivity contribution in [1.29, 1.82) is 0 Å². The average Bonchev–Trinajstić information content (AvgIpc) is 2.32. The molecule has 0 aromatic heterocycles. The van der Waals surface area contributed by atoms with Gasteiger partial charge in [-0.1, -0.05) is 23.8 Å². The molecule has 0 spiro atoms. The number of rotatable bonds is 0. The second-order valence-corrected chi connectivity index (χ2v) is 2.87. The van der Waals surface area contributed by atoms with Gasteiger partial charge in [-0.25, -0.2) is 0 Å². The summed E-state index contributed by atoms with van der Waals surface area (Å²) in [5.41, 5.74) is 3.23. The first-order chi connectivity index (χ1) is 5.27. The van der Waals surface area contributed by atoms with Gasteiger partial charge in [0.25, 0.3) is 0 Å². The summed E-state index contributed by atoms with van der Waals surface area (Å²) in [6, 6.07) is 5.95. The molecule has 0 saturated carbocycles. The van der Waals surface area contributed by atoms with Crippen LogP contribution in [0.15, 0.2) is 18.2 Å². The molecule has 1 aromatic carbocycles. The standard InChI is InChI=1S/C8H9BO2/c1-6-2-3-8-7(4-6)5-11-9(8)10/h2-4,10H,5H2,1H3. The van der Waals surface area contributed by atoms with Crippen LogP contribution in [0.1, 0.15) is 11.1 Å². The zero-order chi connectivity index (χ0) is 7.84. The maximum Gasteiger partial charge on any atom is 0.491 e. The molecule has 0 unspecified atom stereocenters. The maximum absolute atomic E-state index is 9.25. The molecule has 0 radical (unpaired) electrons. The highest BCUT2D eigenvalue weighted by molar-refractivity contribution is 6.61. The van der Waals surface area contributed by atoms with Crippen molar-refractivity contribution in [3.05, 3.63) is 29.3 Å². The Bertz CT molecular complexity index is 285. The van der Waals surface area contributed by atoms with E-state index in [-0.39, 0.29) is 0 Å². The van der Waals surface area contributed by atoms with Gasteiger partial charge in [0.1, 0.15) is 0 Å². The van der Waals surface area contributed by atoms with Crippen molar-refractivity contribution in [2.24, 2.45) is 0 Å². The van der Waals surface area contributed by atoms with Crippen LogP contribution in [-0.2, 0) is 11.3 Å². The number of hydrogen-bond acceptors (Lipinski definition) is 2. The summed E-state index contributed by atoms with van der Waals surface area (Å²) in [6.45, 7) is 2.57. The number of benzene rings is 1. The second kappa shape index (κ2) is 2.36. The van der Waals surface area contributed by atoms with E-state index in [1.807, 2.05) is 25.1 Å². The first-order valence-corrected chi connectivity index (χ1v) is 3.66. The van der Waals surface area contributed by atoms with E-state index in [0.29, 0.717) is 6.61 Å². The van der Waals surface area contributed by atoms with Gasteiger partial charge in [-0.05, 0) is 17.9 Å². The number of fused-ring (bicyclic) bond motifs is 1. The molecule has 56 valence electrons. The lowest BCUT2D eigenvalue weighted by Gasteiger charge is -1.97. The molecule has 0 fully saturated rings. The number of aryl methyl sites for hydroxylation is 1. The van der Waals surface area contributed by atoms with Crippen LogP contribution in [0.25, 0.3) is 0 Å². The lowest BCUT2D eigenvalue weighted by molar-refractivity contribution is 0.275. The van der Waals surface area contributed by atoms with Crippen LogP contribution in [0, 0.1) is 6.92 Å². The minimum atomic E-state index is -0.703. The average molecular weight is 148 g/mol. The Morgan fingerprint density at radius 1 is 1.55 bits per heavy atom. The monoisotopic (exact) mass is 148 g/mol. The highest BCUT2D eigenvalue weighted by Gasteiger charge is 2.26. The van der Waals surface area contributed by atoms with Crippen LogP contribution < -0.4 is 5.46 Å². The Morgan fingerprint density at radius 3 is 3.18 bits per heavy atom. The Balaban J connectivity index is 2.50. The van der Waals surface area contributed by atoms with Crippen LogP contribution in [-0.4, -0.2) is 12.1 Å². The van der Waals surface area contributed by atoms with Crippen LogP contribution in [0.2, 0.25) is 0 Å². The smallest absolute Gasteiger partial charge is 0.423 e. The molecule has 0 saturated heterocycles. The summed E-state index contributed by atoms with van der Waals surface area (Å²) >= 11 is 0. The third-order valence-corrected chi connectivity index (χ3v) is 1.96. The van der Waals surface area contributed by atoms with Crippen LogP contribution in [0.5, 0.6) is 0 Å². The predicted octanol–water partition coefficient (Wildman–Crippen LogP) is 0.213. The van der Waals surface area contributed by atoms with Crippen LogP contribution in [0.4, 0.5) is 0 Å². The number of hydrogen-bond donors (Lipinski definition) is 1. The molecular formula is C8H9BO2. The molecule has 3 heteroatoms. The van der Waals surface area contributed by atoms with Gasteiger partial charge in [0.15, 0.2) is 0 Å². The Kier molecular flexibility index (Phi) is 1.48. The van der Waals surface area contributed by atoms with Crippen molar-refractivity contribution in [2.75, 3.05) is 0 Å². The van der Waals surface area contributed by atoms with E-state index in [1.165, 1.54) is 5.56 Å². The Labute approximate surface area is 66.0 Å². The molecular weight excluding hydrogens is 139 g/mol. The summed E-state index contributed by atoms with van der Waals surface area (Å²) in [7, 11) is -0.703. The van der Waals surface area contributed by atoms with E-state index in [9.17, 15) is 5.02 Å². The first-order valence-electron chi connectivity index (χ1n) is 3.66. The highest BCUT2D eigenvalue weighted by Crippen LogP contribution is 2.10. The Hall–Kier alpha value is -0.795. The van der Waals surface area contributed by atoms with Gasteiger partial charge in [0.2, 0.25) is 0 Å². The van der Waals surface area contributed by atoms with Gasteiger partial charge in [-0.3, -0.25) is 0 Å². The van der Waals surface area contributed by atoms with Crippen LogP contribution >= 0.6 is 0 Å². The minimum absolute atomic E-state index is 0.540. The normalized spacial score (nSPS) is 15.3. The molecule has 0 atom stereocenters. The molecule has 0 aliphatic carbocycles. The van der Waals surface area contributed by atoms with Gasteiger partial charge in [-0.15, -0.1) is 0 Å². The summed E-state index contributed by atoms with van der Waals surface area (Å²) < 4.78 is 5.03. The lowest BCUT2D eigenvalue weighted by atomic mass is 9.79. The van der Waals surface area contributed by atoms with Gasteiger partial charge in [-0.2, -0.15) is 0 Å². The molecule has 2 nitrogen and oxygen atoms in total. The van der Waals surface area contributed by atoms with E-state index in [4.69, 9.17) is 4.65 Å². The molecule has 0 amide bonds. The van der Waals surface area contributed by atoms with Gasteiger partial charge in [0.05, 0.1) is 6.61 Å². The van der Waals surface area contributed by atoms with E-state index in [1.54, 1.807) is 0 Å². The molecule has 1 aromatic rings. The molecule has 0 bridgehead atoms. The first kappa shape index (κ1) is 6.89. The van der Waals surface area contributed by atoms with Crippen molar-refractivity contribution >= 4 is 12.6 Å². The van der Waals surface area contributed by atoms with E-state index in [0.717, 1.165) is 11.0 Å². The predicted molar refractivity (Wildman–Crippen MR) is 43.6 cm³/mol. The minimum Gasteiger partial charge on any atom is -0.423 e. The van der Waals surface area contributed by atoms with Crippen molar-refractivity contribution in [1.82, 2.24) is 0 Å². The highest BCUT2D eigenvalue weighted by atomic mass is 16.5. The maximum atomic E-state index is 9.25. The van der Waals surface area contributed by atoms with Crippen molar-refractivity contribution in [3.8, 4) is 0 Å². The summed E-state index contributed by atoms with van der Waals surface area (Å²) in [6.07, 6.45) is 0. The van der Waals surface area contributed by atoms with Crippen molar-refractivity contribution < 1.29 is 9.68 Å². The van der Waals surface area contributed by atoms with E-state index in [2.05, 4.69) is 0 Å². The van der Waals surface area contributed by atoms with E-state index >= 15 is 0 Å². The fourth-order valence-corrected chi connectivity index (χ4v) is 1.36. The Morgan fingerprint density at radius 2 is 2.36 bits per heavy atom. The summed E-state index contributed by atoms with van der Waals surface area (Å²) in [4.78, 5) is 0. The summed E-state index contributed by atoms with van der Waals surface area (Å²) in [5.74, 6) is 0. The zero-order valence-corrected chi connectivity index (χ0v) is 6.37. The van der Waals surface area contributed by atoms with Gasteiger partial charge in [0, 0.05) is 0 Å². The molecule has 2 rings (SSSR count). The fourth-order valence-electron chi connectivity index (χ4n) is 1.36. The molecule has 1 N–H and O–H groups in total. The van der Waals surface area contributed by atoms with Crippen LogP contribution in [0.3, 0.4) is 0 Å². The zero-order valence-electron chi connectivity index (χ0n) is 6.37. The summed E-state index contributed by atoms with van der Waals surface area (Å²) in [5, 5.41) is 9.25. The van der Waals surface area contributed by atoms with Gasteiger partial charge >= 0.3 is 7.12 Å². The largest absolute Gasteiger partial charge is 0.491 e. The van der Waals surface area contributed by atoms with Crippen molar-refractivity contribution in [3.63, 3.8) is 0 Å². The SMILES string of the molecule is Cc1ccc2c(c1)COB2O. The quantitative estimate of drug-likeness (QED) is 0.533. The second-order valence-electron chi connectivity index (χ2n) is 2.87. The van der Waals surface area contributed by atoms with Gasteiger partial charge < -0.3 is 9.68 Å². The van der Waals surface area contributed by atoms with Crippen molar-refractivity contribution in [2.45, 2.75) is 13.5 Å².